The van der Waals surface area contributed by atoms with Crippen molar-refractivity contribution in [3.05, 3.63) is 82.9 Å². The van der Waals surface area contributed by atoms with E-state index in [0.29, 0.717) is 40.9 Å². The Hall–Kier alpha value is -5.11. The molecule has 2 bridgehead atoms. The lowest BCUT2D eigenvalue weighted by Gasteiger charge is -2.15. The molecule has 2 amide bonds. The van der Waals surface area contributed by atoms with Gasteiger partial charge in [-0.15, -0.1) is 0 Å². The molecule has 8 nitrogen and oxygen atoms in total. The Morgan fingerprint density at radius 3 is 2.05 bits per heavy atom. The van der Waals surface area contributed by atoms with E-state index >= 15 is 0 Å². The Bertz CT molecular complexity index is 2270. The van der Waals surface area contributed by atoms with E-state index in [2.05, 4.69) is 27.3 Å². The molecule has 6 aromatic rings. The number of nitrogens with zero attached hydrogens (tertiary/aromatic N) is 3. The summed E-state index contributed by atoms with van der Waals surface area (Å²) in [7, 11) is 3.22. The van der Waals surface area contributed by atoms with Crippen molar-refractivity contribution in [2.45, 2.75) is 38.4 Å². The first-order chi connectivity index (χ1) is 20.9. The molecule has 0 saturated heterocycles. The summed E-state index contributed by atoms with van der Waals surface area (Å²) in [4.78, 5) is 44.0. The van der Waals surface area contributed by atoms with E-state index in [1.165, 1.54) is 4.90 Å². The van der Waals surface area contributed by atoms with Gasteiger partial charge in [-0.05, 0) is 61.4 Å². The normalized spacial score (nSPS) is 19.0. The molecule has 2 unspecified atom stereocenters. The van der Waals surface area contributed by atoms with E-state index in [1.807, 2.05) is 49.4 Å². The summed E-state index contributed by atoms with van der Waals surface area (Å²) in [6.45, 7) is 2.18. The van der Waals surface area contributed by atoms with Crippen LogP contribution in [0.3, 0.4) is 0 Å². The lowest BCUT2D eigenvalue weighted by Crippen LogP contribution is -2.29. The molecule has 212 valence electrons. The smallest absolute Gasteiger partial charge is 0.262 e. The van der Waals surface area contributed by atoms with Crippen LogP contribution in [0.4, 0.5) is 0 Å². The molecular weight excluding hydrogens is 542 g/mol. The minimum atomic E-state index is -0.345. The lowest BCUT2D eigenvalue weighted by molar-refractivity contribution is -0.120. The van der Waals surface area contributed by atoms with E-state index in [0.717, 1.165) is 49.4 Å². The van der Waals surface area contributed by atoms with Gasteiger partial charge in [-0.1, -0.05) is 23.8 Å². The number of imide groups is 1. The lowest BCUT2D eigenvalue weighted by atomic mass is 9.96. The first-order valence-corrected chi connectivity index (χ1v) is 14.5. The van der Waals surface area contributed by atoms with Gasteiger partial charge in [-0.25, -0.2) is 0 Å². The number of hydrogen-bond acceptors (Lipinski definition) is 5. The highest BCUT2D eigenvalue weighted by atomic mass is 16.5. The highest BCUT2D eigenvalue weighted by Gasteiger charge is 2.46. The van der Waals surface area contributed by atoms with Crippen molar-refractivity contribution < 1.29 is 23.9 Å². The fraction of sp³-hybridized carbons (Fsp3) is 0.229. The van der Waals surface area contributed by atoms with E-state index < -0.39 is 0 Å². The number of Topliss-reactive ketones (excluding diaryl/α,β-unsaturated/α-hetero) is 1. The molecule has 1 fully saturated rings. The van der Waals surface area contributed by atoms with E-state index in [1.54, 1.807) is 14.2 Å². The SMILES string of the molecule is COc1ccc(CN2C(=O)c3c(c4c5cc(OC)ccc5n5c4c4c3c3cc(C)ccc3n4C3CC(=O)C5C3)C2=O)cc1. The van der Waals surface area contributed by atoms with Crippen LogP contribution in [0.25, 0.3) is 43.6 Å². The summed E-state index contributed by atoms with van der Waals surface area (Å²) in [5.74, 6) is 0.923. The van der Waals surface area contributed by atoms with Crippen molar-refractivity contribution in [1.29, 1.82) is 0 Å². The molecule has 8 heteroatoms. The first-order valence-electron chi connectivity index (χ1n) is 14.5. The van der Waals surface area contributed by atoms with Crippen molar-refractivity contribution in [2.75, 3.05) is 14.2 Å². The van der Waals surface area contributed by atoms with Crippen LogP contribution in [0.1, 0.15) is 56.8 Å². The Balaban J connectivity index is 1.45. The third kappa shape index (κ3) is 2.97. The second kappa shape index (κ2) is 8.25. The largest absolute Gasteiger partial charge is 0.497 e. The zero-order valence-corrected chi connectivity index (χ0v) is 23.9. The van der Waals surface area contributed by atoms with Crippen molar-refractivity contribution in [1.82, 2.24) is 14.0 Å². The van der Waals surface area contributed by atoms with Gasteiger partial charge in [-0.3, -0.25) is 19.3 Å². The van der Waals surface area contributed by atoms with Crippen molar-refractivity contribution in [2.24, 2.45) is 0 Å². The van der Waals surface area contributed by atoms with Crippen LogP contribution < -0.4 is 9.47 Å². The van der Waals surface area contributed by atoms with Crippen LogP contribution >= 0.6 is 0 Å². The van der Waals surface area contributed by atoms with Crippen LogP contribution in [0.2, 0.25) is 0 Å². The fourth-order valence-electron chi connectivity index (χ4n) is 7.91. The van der Waals surface area contributed by atoms with Gasteiger partial charge in [-0.2, -0.15) is 0 Å². The predicted molar refractivity (Wildman–Crippen MR) is 163 cm³/mol. The minimum absolute atomic E-state index is 0.0303. The second-order valence-corrected chi connectivity index (χ2v) is 12.0. The molecule has 43 heavy (non-hydrogen) atoms. The molecule has 2 atom stereocenters. The molecule has 0 radical (unpaired) electrons. The van der Waals surface area contributed by atoms with Crippen molar-refractivity contribution in [3.63, 3.8) is 0 Å². The van der Waals surface area contributed by atoms with Gasteiger partial charge in [0.15, 0.2) is 5.78 Å². The maximum absolute atomic E-state index is 14.5. The summed E-state index contributed by atoms with van der Waals surface area (Å²) in [6, 6.07) is 19.1. The number of aromatic nitrogens is 2. The number of fused-ring (bicyclic) bond motifs is 13. The molecule has 1 saturated carbocycles. The van der Waals surface area contributed by atoms with E-state index in [4.69, 9.17) is 9.47 Å². The monoisotopic (exact) mass is 569 g/mol. The Morgan fingerprint density at radius 2 is 1.35 bits per heavy atom. The van der Waals surface area contributed by atoms with Gasteiger partial charge in [0.1, 0.15) is 11.5 Å². The number of carbonyl (C=O) groups is 3. The molecule has 4 aromatic carbocycles. The Morgan fingerprint density at radius 1 is 0.744 bits per heavy atom. The van der Waals surface area contributed by atoms with Crippen LogP contribution in [0.15, 0.2) is 60.7 Å². The van der Waals surface area contributed by atoms with Gasteiger partial charge in [0, 0.05) is 39.5 Å². The molecule has 2 aliphatic heterocycles. The van der Waals surface area contributed by atoms with Gasteiger partial charge in [0.2, 0.25) is 0 Å². The number of benzene rings is 4. The van der Waals surface area contributed by atoms with E-state index in [9.17, 15) is 14.4 Å². The summed E-state index contributed by atoms with van der Waals surface area (Å²) < 4.78 is 15.4. The Labute approximate surface area is 246 Å². The van der Waals surface area contributed by atoms with Crippen LogP contribution in [0, 0.1) is 6.92 Å². The highest BCUT2D eigenvalue weighted by molar-refractivity contribution is 6.39. The van der Waals surface area contributed by atoms with Crippen molar-refractivity contribution >= 4 is 61.2 Å². The standard InChI is InChI=1S/C35H27N3O5/c1-17-4-10-24-22(12-17)28-30-31(35(41)36(34(30)40)16-18-5-7-20(42-2)8-6-18)29-23-15-21(43-3)9-11-25(23)38-26-13-19(14-27(26)39)37(24)32(28)33(29)38/h4-12,15,19,26H,13-14,16H2,1-3H3. The van der Waals surface area contributed by atoms with Crippen LogP contribution in [-0.4, -0.2) is 45.9 Å². The summed E-state index contributed by atoms with van der Waals surface area (Å²) in [5, 5.41) is 3.26. The van der Waals surface area contributed by atoms with Gasteiger partial charge >= 0.3 is 0 Å². The number of carbonyl (C=O) groups excluding carboxylic acids is 3. The zero-order valence-electron chi connectivity index (χ0n) is 23.9. The van der Waals surface area contributed by atoms with E-state index in [-0.39, 0.29) is 36.2 Å². The molecule has 3 aliphatic rings. The van der Waals surface area contributed by atoms with Gasteiger partial charge < -0.3 is 18.6 Å². The quantitative estimate of drug-likeness (QED) is 0.227. The van der Waals surface area contributed by atoms with Crippen molar-refractivity contribution in [3.8, 4) is 11.5 Å². The number of ketones is 1. The number of ether oxygens (including phenoxy) is 2. The second-order valence-electron chi connectivity index (χ2n) is 12.0. The van der Waals surface area contributed by atoms with Crippen LogP contribution in [-0.2, 0) is 11.3 Å². The molecular formula is C35H27N3O5. The van der Waals surface area contributed by atoms with Crippen LogP contribution in [0.5, 0.6) is 11.5 Å². The third-order valence-corrected chi connectivity index (χ3v) is 9.74. The van der Waals surface area contributed by atoms with Gasteiger partial charge in [0.05, 0.1) is 54.5 Å². The summed E-state index contributed by atoms with van der Waals surface area (Å²) >= 11 is 0. The molecule has 0 spiro atoms. The zero-order chi connectivity index (χ0) is 29.3. The number of hydrogen-bond donors (Lipinski definition) is 0. The summed E-state index contributed by atoms with van der Waals surface area (Å²) in [6.07, 6.45) is 1.10. The van der Waals surface area contributed by atoms with Gasteiger partial charge in [0.25, 0.3) is 11.8 Å². The minimum Gasteiger partial charge on any atom is -0.497 e. The Kier molecular flexibility index (Phi) is 4.70. The third-order valence-electron chi connectivity index (χ3n) is 9.74. The molecule has 1 aliphatic carbocycles. The molecule has 2 aromatic heterocycles. The summed E-state index contributed by atoms with van der Waals surface area (Å²) in [5.41, 5.74) is 6.37. The topological polar surface area (TPSA) is 82.8 Å². The number of aryl methyl sites for hydroxylation is 1. The number of methoxy groups -OCH3 is 2. The predicted octanol–water partition coefficient (Wildman–Crippen LogP) is 6.48. The highest BCUT2D eigenvalue weighted by Crippen LogP contribution is 2.53. The number of amides is 2. The first kappa shape index (κ1) is 24.5. The molecule has 0 N–H and O–H groups in total. The number of rotatable bonds is 4. The fourth-order valence-corrected chi connectivity index (χ4v) is 7.91. The maximum atomic E-state index is 14.5. The maximum Gasteiger partial charge on any atom is 0.262 e. The average Bonchev–Trinajstić information content (AvgIpc) is 3.69. The molecule has 4 heterocycles. The molecule has 9 rings (SSSR count). The average molecular weight is 570 g/mol.